The second-order valence-electron chi connectivity index (χ2n) is 8.07. The van der Waals surface area contributed by atoms with Gasteiger partial charge in [-0.25, -0.2) is 9.67 Å². The monoisotopic (exact) mass is 431 g/mol. The fourth-order valence-electron chi connectivity index (χ4n) is 4.02. The van der Waals surface area contributed by atoms with Crippen molar-refractivity contribution in [2.24, 2.45) is 0 Å². The summed E-state index contributed by atoms with van der Waals surface area (Å²) in [5.74, 6) is 1.52. The van der Waals surface area contributed by atoms with Crippen LogP contribution in [0.3, 0.4) is 0 Å². The number of hydrogen-bond acceptors (Lipinski definition) is 4. The van der Waals surface area contributed by atoms with Gasteiger partial charge in [-0.3, -0.25) is 4.79 Å². The van der Waals surface area contributed by atoms with Crippen LogP contribution >= 0.6 is 0 Å². The number of amides is 1. The molecule has 0 fully saturated rings. The molecule has 0 aliphatic heterocycles. The lowest BCUT2D eigenvalue weighted by atomic mass is 10.1. The van der Waals surface area contributed by atoms with Gasteiger partial charge in [0.1, 0.15) is 12.3 Å². The van der Waals surface area contributed by atoms with Crippen LogP contribution in [-0.4, -0.2) is 31.8 Å². The van der Waals surface area contributed by atoms with Crippen LogP contribution < -0.4 is 10.1 Å². The predicted octanol–water partition coefficient (Wildman–Crippen LogP) is 4.17. The number of rotatable bonds is 7. The Morgan fingerprint density at radius 3 is 2.38 bits per heavy atom. The lowest BCUT2D eigenvalue weighted by Crippen LogP contribution is -2.27. The summed E-state index contributed by atoms with van der Waals surface area (Å²) in [4.78, 5) is 17.5. The van der Waals surface area contributed by atoms with Crippen molar-refractivity contribution in [2.75, 3.05) is 6.61 Å². The molecule has 4 aromatic rings. The van der Waals surface area contributed by atoms with E-state index in [1.165, 1.54) is 0 Å². The number of aromatic nitrogens is 4. The number of benzene rings is 1. The van der Waals surface area contributed by atoms with Gasteiger partial charge in [0.15, 0.2) is 11.5 Å². The standard InChI is InChI=1S/C25H29N5O2/c1-6-32-21-11-9-20(10-12-21)14-26-22(31)15-29-24-23(16(2)13-17(3)27-24)25(28-29)30-18(4)7-8-19(30)5/h7-13H,6,14-15H2,1-5H3,(H,26,31). The third-order valence-electron chi connectivity index (χ3n) is 5.51. The van der Waals surface area contributed by atoms with Crippen molar-refractivity contribution in [3.8, 4) is 11.6 Å². The predicted molar refractivity (Wildman–Crippen MR) is 125 cm³/mol. The van der Waals surface area contributed by atoms with Gasteiger partial charge >= 0.3 is 0 Å². The average molecular weight is 432 g/mol. The second-order valence-corrected chi connectivity index (χ2v) is 8.07. The zero-order valence-electron chi connectivity index (χ0n) is 19.3. The molecule has 0 aliphatic carbocycles. The summed E-state index contributed by atoms with van der Waals surface area (Å²) >= 11 is 0. The van der Waals surface area contributed by atoms with Gasteiger partial charge in [-0.05, 0) is 76.1 Å². The first-order chi connectivity index (χ1) is 15.4. The number of pyridine rings is 1. The van der Waals surface area contributed by atoms with Crippen molar-refractivity contribution >= 4 is 16.9 Å². The SMILES string of the molecule is CCOc1ccc(CNC(=O)Cn2nc(-n3c(C)ccc3C)c3c(C)cc(C)nc32)cc1. The first-order valence-electron chi connectivity index (χ1n) is 10.9. The van der Waals surface area contributed by atoms with Crippen LogP contribution in [0.1, 0.15) is 35.1 Å². The van der Waals surface area contributed by atoms with E-state index >= 15 is 0 Å². The molecule has 1 amide bonds. The van der Waals surface area contributed by atoms with Gasteiger partial charge < -0.3 is 14.6 Å². The largest absolute Gasteiger partial charge is 0.494 e. The summed E-state index contributed by atoms with van der Waals surface area (Å²) in [5.41, 5.74) is 5.91. The van der Waals surface area contributed by atoms with Gasteiger partial charge in [0.2, 0.25) is 5.91 Å². The summed E-state index contributed by atoms with van der Waals surface area (Å²) in [6.07, 6.45) is 0. The van der Waals surface area contributed by atoms with E-state index in [1.807, 2.05) is 38.1 Å². The van der Waals surface area contributed by atoms with Crippen LogP contribution in [0.15, 0.2) is 42.5 Å². The summed E-state index contributed by atoms with van der Waals surface area (Å²) in [7, 11) is 0. The van der Waals surface area contributed by atoms with Crippen LogP contribution in [-0.2, 0) is 17.9 Å². The zero-order chi connectivity index (χ0) is 22.8. The lowest BCUT2D eigenvalue weighted by molar-refractivity contribution is -0.121. The second kappa shape index (κ2) is 8.86. The van der Waals surface area contributed by atoms with Crippen LogP contribution in [0.4, 0.5) is 0 Å². The topological polar surface area (TPSA) is 74.0 Å². The maximum absolute atomic E-state index is 12.8. The molecule has 0 unspecified atom stereocenters. The zero-order valence-corrected chi connectivity index (χ0v) is 19.3. The molecule has 32 heavy (non-hydrogen) atoms. The number of ether oxygens (including phenoxy) is 1. The summed E-state index contributed by atoms with van der Waals surface area (Å²) in [6, 6.07) is 13.9. The smallest absolute Gasteiger partial charge is 0.242 e. The van der Waals surface area contributed by atoms with Crippen LogP contribution in [0.2, 0.25) is 0 Å². The molecule has 0 saturated heterocycles. The minimum absolute atomic E-state index is 0.1000. The molecule has 0 spiro atoms. The molecule has 0 radical (unpaired) electrons. The Morgan fingerprint density at radius 1 is 1.03 bits per heavy atom. The molecule has 166 valence electrons. The molecule has 0 atom stereocenters. The number of carbonyl (C=O) groups excluding carboxylic acids is 1. The van der Waals surface area contributed by atoms with Gasteiger partial charge in [0.05, 0.1) is 12.0 Å². The number of hydrogen-bond donors (Lipinski definition) is 1. The Labute approximate surface area is 188 Å². The van der Waals surface area contributed by atoms with Crippen molar-refractivity contribution in [2.45, 2.75) is 47.7 Å². The maximum Gasteiger partial charge on any atom is 0.242 e. The lowest BCUT2D eigenvalue weighted by Gasteiger charge is -2.08. The normalized spacial score (nSPS) is 11.2. The Kier molecular flexibility index (Phi) is 5.99. The molecule has 3 aromatic heterocycles. The number of aryl methyl sites for hydroxylation is 4. The summed E-state index contributed by atoms with van der Waals surface area (Å²) in [6.45, 7) is 11.3. The third kappa shape index (κ3) is 4.23. The minimum atomic E-state index is -0.114. The van der Waals surface area contributed by atoms with Gasteiger partial charge in [0.25, 0.3) is 0 Å². The molecule has 3 heterocycles. The highest BCUT2D eigenvalue weighted by Crippen LogP contribution is 2.27. The van der Waals surface area contributed by atoms with E-state index in [-0.39, 0.29) is 12.5 Å². The molecule has 7 nitrogen and oxygen atoms in total. The minimum Gasteiger partial charge on any atom is -0.494 e. The first-order valence-corrected chi connectivity index (χ1v) is 10.9. The van der Waals surface area contributed by atoms with Crippen molar-refractivity contribution in [3.05, 3.63) is 70.7 Å². The van der Waals surface area contributed by atoms with E-state index in [4.69, 9.17) is 14.8 Å². The number of nitrogens with zero attached hydrogens (tertiary/aromatic N) is 4. The van der Waals surface area contributed by atoms with Gasteiger partial charge in [-0.1, -0.05) is 12.1 Å². The van der Waals surface area contributed by atoms with Crippen molar-refractivity contribution < 1.29 is 9.53 Å². The van der Waals surface area contributed by atoms with E-state index in [2.05, 4.69) is 48.9 Å². The van der Waals surface area contributed by atoms with Crippen LogP contribution in [0, 0.1) is 27.7 Å². The highest BCUT2D eigenvalue weighted by Gasteiger charge is 2.19. The van der Waals surface area contributed by atoms with Crippen molar-refractivity contribution in [1.29, 1.82) is 0 Å². The quantitative estimate of drug-likeness (QED) is 0.477. The number of fused-ring (bicyclic) bond motifs is 1. The molecule has 1 N–H and O–H groups in total. The fourth-order valence-corrected chi connectivity index (χ4v) is 4.02. The number of nitrogens with one attached hydrogen (secondary N) is 1. The molecule has 4 rings (SSSR count). The molecular weight excluding hydrogens is 402 g/mol. The van der Waals surface area contributed by atoms with Crippen molar-refractivity contribution in [1.82, 2.24) is 24.6 Å². The molecule has 0 saturated carbocycles. The van der Waals surface area contributed by atoms with E-state index < -0.39 is 0 Å². The van der Waals surface area contributed by atoms with E-state index in [0.29, 0.717) is 13.2 Å². The van der Waals surface area contributed by atoms with Crippen molar-refractivity contribution in [3.63, 3.8) is 0 Å². The Hall–Kier alpha value is -3.61. The Morgan fingerprint density at radius 2 is 1.72 bits per heavy atom. The molecule has 1 aromatic carbocycles. The van der Waals surface area contributed by atoms with Crippen LogP contribution in [0.5, 0.6) is 5.75 Å². The summed E-state index contributed by atoms with van der Waals surface area (Å²) in [5, 5.41) is 8.78. The third-order valence-corrected chi connectivity index (χ3v) is 5.51. The van der Waals surface area contributed by atoms with E-state index in [0.717, 1.165) is 50.8 Å². The average Bonchev–Trinajstić information content (AvgIpc) is 3.27. The molecule has 0 aliphatic rings. The Bertz CT molecular complexity index is 1250. The van der Waals surface area contributed by atoms with E-state index in [1.54, 1.807) is 4.68 Å². The molecule has 0 bridgehead atoms. The van der Waals surface area contributed by atoms with Gasteiger partial charge in [-0.2, -0.15) is 5.10 Å². The summed E-state index contributed by atoms with van der Waals surface area (Å²) < 4.78 is 9.28. The van der Waals surface area contributed by atoms with Crippen LogP contribution in [0.25, 0.3) is 16.9 Å². The van der Waals surface area contributed by atoms with Gasteiger partial charge in [-0.15, -0.1) is 0 Å². The van der Waals surface area contributed by atoms with Gasteiger partial charge in [0, 0.05) is 23.6 Å². The highest BCUT2D eigenvalue weighted by atomic mass is 16.5. The molecule has 7 heteroatoms. The number of carbonyl (C=O) groups is 1. The maximum atomic E-state index is 12.8. The molecular formula is C25H29N5O2. The first kappa shape index (κ1) is 21.6. The highest BCUT2D eigenvalue weighted by molar-refractivity contribution is 5.88. The fraction of sp³-hybridized carbons (Fsp3) is 0.320. The Balaban J connectivity index is 1.59. The van der Waals surface area contributed by atoms with E-state index in [9.17, 15) is 4.79 Å².